The molecule has 2 heterocycles. The maximum Gasteiger partial charge on any atom is 0.296 e. The van der Waals surface area contributed by atoms with E-state index in [0.717, 1.165) is 28.1 Å². The van der Waals surface area contributed by atoms with Crippen LogP contribution >= 0.6 is 11.6 Å². The number of para-hydroxylation sites is 1. The average Bonchev–Trinajstić information content (AvgIpc) is 3.35. The van der Waals surface area contributed by atoms with Crippen molar-refractivity contribution >= 4 is 21.7 Å². The minimum absolute atomic E-state index is 0.0644. The first-order valence-corrected chi connectivity index (χ1v) is 13.9. The first-order valence-electron chi connectivity index (χ1n) is 12.1. The zero-order valence-electron chi connectivity index (χ0n) is 21.3. The fraction of sp³-hybridized carbons (Fsp3) is 0.241. The molecule has 1 aliphatic rings. The second-order valence-electron chi connectivity index (χ2n) is 8.97. The van der Waals surface area contributed by atoms with Crippen molar-refractivity contribution in [1.82, 2.24) is 4.57 Å². The van der Waals surface area contributed by atoms with Gasteiger partial charge in [0.05, 0.1) is 37.1 Å². The van der Waals surface area contributed by atoms with E-state index >= 15 is 0 Å². The maximum absolute atomic E-state index is 12.8. The van der Waals surface area contributed by atoms with E-state index < -0.39 is 22.3 Å². The summed E-state index contributed by atoms with van der Waals surface area (Å²) in [6, 6.07) is 21.8. The molecule has 0 unspecified atom stereocenters. The highest BCUT2D eigenvalue weighted by atomic mass is 35.5. The number of methoxy groups -OCH3 is 2. The molecule has 1 aliphatic heterocycles. The number of ether oxygens (including phenoxy) is 3. The molecule has 0 saturated carbocycles. The topological polar surface area (TPSA) is 76.0 Å². The van der Waals surface area contributed by atoms with Gasteiger partial charge in [0.1, 0.15) is 12.2 Å². The van der Waals surface area contributed by atoms with Crippen LogP contribution in [0.1, 0.15) is 41.0 Å². The van der Waals surface area contributed by atoms with Crippen LogP contribution < -0.4 is 9.47 Å². The lowest BCUT2D eigenvalue weighted by Crippen LogP contribution is -2.15. The van der Waals surface area contributed by atoms with Crippen molar-refractivity contribution in [3.63, 3.8) is 0 Å². The third kappa shape index (κ3) is 5.05. The van der Waals surface area contributed by atoms with E-state index in [0.29, 0.717) is 22.9 Å². The molecule has 4 aromatic rings. The summed E-state index contributed by atoms with van der Waals surface area (Å²) in [5.41, 5.74) is 4.35. The molecular weight excluding hydrogens is 526 g/mol. The van der Waals surface area contributed by atoms with E-state index in [4.69, 9.17) is 30.0 Å². The van der Waals surface area contributed by atoms with Crippen LogP contribution in [-0.4, -0.2) is 33.8 Å². The van der Waals surface area contributed by atoms with Crippen molar-refractivity contribution in [2.45, 2.75) is 30.4 Å². The van der Waals surface area contributed by atoms with Crippen molar-refractivity contribution in [2.24, 2.45) is 0 Å². The van der Waals surface area contributed by atoms with Crippen LogP contribution in [-0.2, 0) is 19.0 Å². The number of benzene rings is 3. The highest BCUT2D eigenvalue weighted by molar-refractivity contribution is 7.86. The summed E-state index contributed by atoms with van der Waals surface area (Å²) in [5, 5.41) is 0.568. The van der Waals surface area contributed by atoms with Crippen molar-refractivity contribution in [1.29, 1.82) is 0 Å². The SMILES string of the molecule is COc1cccc([C@H]2O[C@H](CCOS(=O)(=O)c3ccc(C)cc3)c3cccn3-c3ccc(Cl)cc32)c1OC. The van der Waals surface area contributed by atoms with Gasteiger partial charge in [-0.3, -0.25) is 4.18 Å². The number of hydrogen-bond donors (Lipinski definition) is 0. The molecule has 38 heavy (non-hydrogen) atoms. The Morgan fingerprint density at radius 3 is 2.47 bits per heavy atom. The molecule has 198 valence electrons. The molecule has 0 bridgehead atoms. The predicted octanol–water partition coefficient (Wildman–Crippen LogP) is 6.41. The molecule has 0 radical (unpaired) electrons. The van der Waals surface area contributed by atoms with Crippen LogP contribution in [0, 0.1) is 6.92 Å². The Kier molecular flexibility index (Phi) is 7.49. The number of aromatic nitrogens is 1. The lowest BCUT2D eigenvalue weighted by Gasteiger charge is -2.25. The fourth-order valence-electron chi connectivity index (χ4n) is 4.75. The van der Waals surface area contributed by atoms with Gasteiger partial charge in [-0.15, -0.1) is 0 Å². The number of rotatable bonds is 8. The average molecular weight is 554 g/mol. The minimum Gasteiger partial charge on any atom is -0.493 e. The van der Waals surface area contributed by atoms with Gasteiger partial charge in [-0.2, -0.15) is 8.42 Å². The Morgan fingerprint density at radius 2 is 1.74 bits per heavy atom. The standard InChI is InChI=1S/C29H28ClNO6S/c1-19-9-12-21(13-10-19)38(32,33)36-17-15-26-25-7-5-16-31(25)24-14-11-20(30)18-23(24)28(37-26)22-6-4-8-27(34-2)29(22)35-3/h4-14,16,18,26,28H,15,17H2,1-3H3/t26-,28-/m1/s1. The molecule has 0 aliphatic carbocycles. The molecule has 7 nitrogen and oxygen atoms in total. The number of fused-ring (bicyclic) bond motifs is 3. The fourth-order valence-corrected chi connectivity index (χ4v) is 5.85. The van der Waals surface area contributed by atoms with Gasteiger partial charge in [0.25, 0.3) is 10.1 Å². The molecule has 2 atom stereocenters. The molecule has 0 N–H and O–H groups in total. The Morgan fingerprint density at radius 1 is 0.947 bits per heavy atom. The quantitative estimate of drug-likeness (QED) is 0.235. The zero-order valence-corrected chi connectivity index (χ0v) is 22.8. The molecule has 1 aromatic heterocycles. The van der Waals surface area contributed by atoms with Gasteiger partial charge in [0.2, 0.25) is 0 Å². The smallest absolute Gasteiger partial charge is 0.296 e. The maximum atomic E-state index is 12.8. The zero-order chi connectivity index (χ0) is 26.9. The summed E-state index contributed by atoms with van der Waals surface area (Å²) in [5.74, 6) is 1.12. The van der Waals surface area contributed by atoms with E-state index in [2.05, 4.69) is 0 Å². The largest absolute Gasteiger partial charge is 0.493 e. The molecule has 9 heteroatoms. The normalized spacial score (nSPS) is 16.8. The van der Waals surface area contributed by atoms with Crippen molar-refractivity contribution in [3.05, 3.63) is 106 Å². The third-order valence-corrected chi connectivity index (χ3v) is 8.15. The van der Waals surface area contributed by atoms with E-state index in [1.54, 1.807) is 38.5 Å². The van der Waals surface area contributed by atoms with E-state index in [1.807, 2.05) is 66.2 Å². The monoisotopic (exact) mass is 553 g/mol. The number of halogens is 1. The summed E-state index contributed by atoms with van der Waals surface area (Å²) in [6.07, 6.45) is 1.17. The Labute approximate surface area is 227 Å². The van der Waals surface area contributed by atoms with Crippen molar-refractivity contribution < 1.29 is 26.8 Å². The molecule has 0 spiro atoms. The summed E-state index contributed by atoms with van der Waals surface area (Å²) in [4.78, 5) is 0.120. The van der Waals surface area contributed by atoms with Gasteiger partial charge in [0.15, 0.2) is 11.5 Å². The van der Waals surface area contributed by atoms with Crippen LogP contribution in [0.5, 0.6) is 11.5 Å². The molecule has 0 saturated heterocycles. The van der Waals surface area contributed by atoms with E-state index in [9.17, 15) is 8.42 Å². The van der Waals surface area contributed by atoms with Gasteiger partial charge in [-0.05, 0) is 55.5 Å². The molecule has 3 aromatic carbocycles. The van der Waals surface area contributed by atoms with E-state index in [1.165, 1.54) is 0 Å². The summed E-state index contributed by atoms with van der Waals surface area (Å²) < 4.78 is 51.1. The highest BCUT2D eigenvalue weighted by Gasteiger charge is 2.33. The Bertz CT molecular complexity index is 1550. The lowest BCUT2D eigenvalue weighted by molar-refractivity contribution is -0.00508. The summed E-state index contributed by atoms with van der Waals surface area (Å²) in [6.45, 7) is 1.83. The van der Waals surface area contributed by atoms with Gasteiger partial charge in [-0.1, -0.05) is 41.4 Å². The van der Waals surface area contributed by atoms with Crippen LogP contribution in [0.4, 0.5) is 0 Å². The van der Waals surface area contributed by atoms with Crippen LogP contribution in [0.3, 0.4) is 0 Å². The van der Waals surface area contributed by atoms with Crippen molar-refractivity contribution in [3.8, 4) is 17.2 Å². The molecule has 5 rings (SSSR count). The third-order valence-electron chi connectivity index (χ3n) is 6.59. The summed E-state index contributed by atoms with van der Waals surface area (Å²) >= 11 is 6.45. The van der Waals surface area contributed by atoms with Crippen LogP contribution in [0.2, 0.25) is 5.02 Å². The number of aryl methyl sites for hydroxylation is 1. The molecule has 0 fully saturated rings. The van der Waals surface area contributed by atoms with Crippen LogP contribution in [0.25, 0.3) is 5.69 Å². The number of nitrogens with zero attached hydrogens (tertiary/aromatic N) is 1. The Balaban J connectivity index is 1.51. The highest BCUT2D eigenvalue weighted by Crippen LogP contribution is 2.46. The predicted molar refractivity (Wildman–Crippen MR) is 145 cm³/mol. The Hall–Kier alpha value is -3.30. The molecular formula is C29H28ClNO6S. The van der Waals surface area contributed by atoms with Gasteiger partial charge >= 0.3 is 0 Å². The van der Waals surface area contributed by atoms with Crippen molar-refractivity contribution in [2.75, 3.05) is 20.8 Å². The minimum atomic E-state index is -3.91. The summed E-state index contributed by atoms with van der Waals surface area (Å²) in [7, 11) is -0.743. The van der Waals surface area contributed by atoms with Gasteiger partial charge in [-0.25, -0.2) is 0 Å². The second kappa shape index (κ2) is 10.8. The van der Waals surface area contributed by atoms with E-state index in [-0.39, 0.29) is 11.5 Å². The lowest BCUT2D eigenvalue weighted by atomic mass is 9.98. The van der Waals surface area contributed by atoms with Gasteiger partial charge in [0, 0.05) is 28.8 Å². The molecule has 0 amide bonds. The number of hydrogen-bond acceptors (Lipinski definition) is 6. The second-order valence-corrected chi connectivity index (χ2v) is 11.0. The van der Waals surface area contributed by atoms with Crippen LogP contribution in [0.15, 0.2) is 83.9 Å². The first-order chi connectivity index (χ1) is 18.3. The van der Waals surface area contributed by atoms with Gasteiger partial charge < -0.3 is 18.8 Å². The first kappa shape index (κ1) is 26.3.